The zero-order chi connectivity index (χ0) is 18.9. The van der Waals surface area contributed by atoms with Gasteiger partial charge in [-0.15, -0.1) is 11.8 Å². The van der Waals surface area contributed by atoms with Crippen molar-refractivity contribution >= 4 is 35.4 Å². The number of thioether (sulfide) groups is 1. The highest BCUT2D eigenvalue weighted by atomic mass is 35.5. The molecule has 0 atom stereocenters. The Labute approximate surface area is 161 Å². The van der Waals surface area contributed by atoms with Gasteiger partial charge in [-0.1, -0.05) is 11.6 Å². The third kappa shape index (κ3) is 4.09. The van der Waals surface area contributed by atoms with Crippen LogP contribution in [0.3, 0.4) is 0 Å². The zero-order valence-electron chi connectivity index (χ0n) is 14.8. The number of carbonyl (C=O) groups excluding carboxylic acids is 2. The maximum Gasteiger partial charge on any atom is 0.410 e. The van der Waals surface area contributed by atoms with Crippen LogP contribution in [0.1, 0.15) is 26.7 Å². The lowest BCUT2D eigenvalue weighted by atomic mass is 9.97. The number of benzene rings is 1. The molecule has 0 spiro atoms. The maximum atomic E-state index is 13.1. The van der Waals surface area contributed by atoms with Gasteiger partial charge < -0.3 is 9.64 Å². The minimum Gasteiger partial charge on any atom is -0.447 e. The molecule has 1 aromatic rings. The molecule has 3 rings (SSSR count). The summed E-state index contributed by atoms with van der Waals surface area (Å²) < 4.78 is 18.3. The van der Waals surface area contributed by atoms with Crippen molar-refractivity contribution in [2.75, 3.05) is 25.4 Å². The Balaban J connectivity index is 1.51. The Morgan fingerprint density at radius 3 is 2.65 bits per heavy atom. The molecule has 2 heterocycles. The molecule has 0 bridgehead atoms. The number of ether oxygens (including phenoxy) is 1. The molecular formula is C18H22ClFN2O3S. The van der Waals surface area contributed by atoms with E-state index in [1.165, 1.54) is 23.9 Å². The molecule has 0 radical (unpaired) electrons. The summed E-state index contributed by atoms with van der Waals surface area (Å²) in [5, 5.41) is 0.316. The van der Waals surface area contributed by atoms with E-state index in [0.717, 1.165) is 12.8 Å². The fraction of sp³-hybridized carbons (Fsp3) is 0.556. The number of piperidine rings is 1. The average Bonchev–Trinajstić information content (AvgIpc) is 2.87. The molecule has 0 aliphatic carbocycles. The maximum absolute atomic E-state index is 13.1. The van der Waals surface area contributed by atoms with Crippen molar-refractivity contribution in [3.8, 4) is 0 Å². The van der Waals surface area contributed by atoms with E-state index in [2.05, 4.69) is 0 Å². The molecule has 2 aliphatic heterocycles. The van der Waals surface area contributed by atoms with Crippen molar-refractivity contribution in [1.29, 1.82) is 0 Å². The lowest BCUT2D eigenvalue weighted by Crippen LogP contribution is -2.53. The molecule has 5 nitrogen and oxygen atoms in total. The number of rotatable bonds is 4. The molecule has 2 saturated heterocycles. The van der Waals surface area contributed by atoms with Gasteiger partial charge in [-0.25, -0.2) is 9.18 Å². The number of hydrogen-bond acceptors (Lipinski definition) is 4. The van der Waals surface area contributed by atoms with Crippen molar-refractivity contribution in [1.82, 2.24) is 9.80 Å². The molecule has 142 valence electrons. The van der Waals surface area contributed by atoms with Crippen molar-refractivity contribution in [3.63, 3.8) is 0 Å². The topological polar surface area (TPSA) is 49.9 Å². The first kappa shape index (κ1) is 19.3. The molecule has 0 aromatic heterocycles. The Hall–Kier alpha value is -1.47. The van der Waals surface area contributed by atoms with Gasteiger partial charge >= 0.3 is 6.09 Å². The standard InChI is InChI=1S/C18H22ClFN2O3S/c1-18(2)11-25-17(24)22(18)13-5-7-21(8-6-13)16(23)10-26-15-4-3-12(20)9-14(15)19/h3-4,9,13H,5-8,10-11H2,1-2H3. The van der Waals surface area contributed by atoms with Gasteiger partial charge in [-0.2, -0.15) is 0 Å². The van der Waals surface area contributed by atoms with Crippen LogP contribution in [0.15, 0.2) is 23.1 Å². The lowest BCUT2D eigenvalue weighted by Gasteiger charge is -2.40. The molecule has 2 fully saturated rings. The number of hydrogen-bond donors (Lipinski definition) is 0. The molecule has 0 N–H and O–H groups in total. The Morgan fingerprint density at radius 1 is 1.38 bits per heavy atom. The average molecular weight is 401 g/mol. The number of carbonyl (C=O) groups is 2. The smallest absolute Gasteiger partial charge is 0.410 e. The fourth-order valence-corrected chi connectivity index (χ4v) is 4.62. The van der Waals surface area contributed by atoms with E-state index in [1.54, 1.807) is 6.07 Å². The van der Waals surface area contributed by atoms with Crippen LogP contribution in [-0.2, 0) is 9.53 Å². The van der Waals surface area contributed by atoms with Crippen LogP contribution in [0.5, 0.6) is 0 Å². The summed E-state index contributed by atoms with van der Waals surface area (Å²) in [4.78, 5) is 28.8. The molecule has 0 saturated carbocycles. The molecule has 26 heavy (non-hydrogen) atoms. The summed E-state index contributed by atoms with van der Waals surface area (Å²) in [5.74, 6) is -0.110. The van der Waals surface area contributed by atoms with Crippen LogP contribution in [0.25, 0.3) is 0 Å². The highest BCUT2D eigenvalue weighted by Gasteiger charge is 2.44. The third-order valence-corrected chi connectivity index (χ3v) is 6.31. The highest BCUT2D eigenvalue weighted by molar-refractivity contribution is 8.00. The molecule has 1 aromatic carbocycles. The monoisotopic (exact) mass is 400 g/mol. The summed E-state index contributed by atoms with van der Waals surface area (Å²) in [5.41, 5.74) is -0.302. The first-order valence-corrected chi connectivity index (χ1v) is 9.96. The number of cyclic esters (lactones) is 1. The normalized spacial score (nSPS) is 20.4. The van der Waals surface area contributed by atoms with E-state index in [0.29, 0.717) is 29.6 Å². The first-order chi connectivity index (χ1) is 12.3. The van der Waals surface area contributed by atoms with Crippen LogP contribution >= 0.6 is 23.4 Å². The summed E-state index contributed by atoms with van der Waals surface area (Å²) in [6.45, 7) is 5.62. The van der Waals surface area contributed by atoms with E-state index < -0.39 is 5.82 Å². The molecule has 2 aliphatic rings. The molecule has 8 heteroatoms. The van der Waals surface area contributed by atoms with E-state index in [1.807, 2.05) is 23.6 Å². The van der Waals surface area contributed by atoms with Gasteiger partial charge in [0.2, 0.25) is 5.91 Å². The predicted molar refractivity (Wildman–Crippen MR) is 99.0 cm³/mol. The van der Waals surface area contributed by atoms with Crippen LogP contribution < -0.4 is 0 Å². The van der Waals surface area contributed by atoms with Crippen molar-refractivity contribution < 1.29 is 18.7 Å². The quantitative estimate of drug-likeness (QED) is 0.721. The van der Waals surface area contributed by atoms with Gasteiger partial charge in [0, 0.05) is 24.0 Å². The highest BCUT2D eigenvalue weighted by Crippen LogP contribution is 2.31. The first-order valence-electron chi connectivity index (χ1n) is 8.59. The third-order valence-electron chi connectivity index (χ3n) is 4.83. The van der Waals surface area contributed by atoms with Gasteiger partial charge in [-0.3, -0.25) is 9.69 Å². The molecule has 0 unspecified atom stereocenters. The van der Waals surface area contributed by atoms with E-state index in [4.69, 9.17) is 16.3 Å². The largest absolute Gasteiger partial charge is 0.447 e. The van der Waals surface area contributed by atoms with Crippen LogP contribution in [0.4, 0.5) is 9.18 Å². The minimum absolute atomic E-state index is 0.0251. The van der Waals surface area contributed by atoms with Gasteiger partial charge in [0.15, 0.2) is 0 Å². The van der Waals surface area contributed by atoms with Gasteiger partial charge in [-0.05, 0) is 44.9 Å². The summed E-state index contributed by atoms with van der Waals surface area (Å²) >= 11 is 7.31. The van der Waals surface area contributed by atoms with E-state index >= 15 is 0 Å². The van der Waals surface area contributed by atoms with E-state index in [-0.39, 0.29) is 29.3 Å². The molecule has 2 amide bonds. The summed E-state index contributed by atoms with van der Waals surface area (Å²) in [6, 6.07) is 4.27. The molecular weight excluding hydrogens is 379 g/mol. The van der Waals surface area contributed by atoms with Crippen molar-refractivity contribution in [2.45, 2.75) is 43.2 Å². The number of halogens is 2. The lowest BCUT2D eigenvalue weighted by molar-refractivity contribution is -0.129. The van der Waals surface area contributed by atoms with Crippen LogP contribution in [0.2, 0.25) is 5.02 Å². The van der Waals surface area contributed by atoms with Crippen molar-refractivity contribution in [2.24, 2.45) is 0 Å². The summed E-state index contributed by atoms with van der Waals surface area (Å²) in [6.07, 6.45) is 1.22. The SMILES string of the molecule is CC1(C)COC(=O)N1C1CCN(C(=O)CSc2ccc(F)cc2Cl)CC1. The predicted octanol–water partition coefficient (Wildman–Crippen LogP) is 3.79. The van der Waals surface area contributed by atoms with E-state index in [9.17, 15) is 14.0 Å². The van der Waals surface area contributed by atoms with Crippen LogP contribution in [-0.4, -0.2) is 58.8 Å². The number of nitrogens with zero attached hydrogens (tertiary/aromatic N) is 2. The Morgan fingerprint density at radius 2 is 2.08 bits per heavy atom. The van der Waals surface area contributed by atoms with Gasteiger partial charge in [0.05, 0.1) is 16.3 Å². The van der Waals surface area contributed by atoms with Crippen LogP contribution in [0, 0.1) is 5.82 Å². The Kier molecular flexibility index (Phi) is 5.67. The second-order valence-electron chi connectivity index (χ2n) is 7.21. The van der Waals surface area contributed by atoms with Gasteiger partial charge in [0.25, 0.3) is 0 Å². The fourth-order valence-electron chi connectivity index (χ4n) is 3.46. The number of likely N-dealkylation sites (tertiary alicyclic amines) is 1. The zero-order valence-corrected chi connectivity index (χ0v) is 16.4. The minimum atomic E-state index is -0.392. The number of amides is 2. The Bertz CT molecular complexity index is 708. The second-order valence-corrected chi connectivity index (χ2v) is 8.64. The second kappa shape index (κ2) is 7.64. The summed E-state index contributed by atoms with van der Waals surface area (Å²) in [7, 11) is 0. The van der Waals surface area contributed by atoms with Gasteiger partial charge in [0.1, 0.15) is 12.4 Å². The van der Waals surface area contributed by atoms with Crippen molar-refractivity contribution in [3.05, 3.63) is 29.0 Å².